The molecule has 3 saturated heterocycles. The van der Waals surface area contributed by atoms with Gasteiger partial charge in [-0.25, -0.2) is 0 Å². The predicted molar refractivity (Wildman–Crippen MR) is 105 cm³/mol. The van der Waals surface area contributed by atoms with Gasteiger partial charge in [-0.1, -0.05) is 11.6 Å². The molecule has 3 aliphatic heterocycles. The number of hydrogen-bond donors (Lipinski definition) is 1. The van der Waals surface area contributed by atoms with Crippen molar-refractivity contribution < 1.29 is 28.4 Å². The Morgan fingerprint density at radius 2 is 1.64 bits per heavy atom. The first-order chi connectivity index (χ1) is 12.7. The zero-order valence-corrected chi connectivity index (χ0v) is 17.9. The molecule has 0 aliphatic carbocycles. The lowest BCUT2D eigenvalue weighted by atomic mass is 9.99. The quantitative estimate of drug-likeness (QED) is 0.777. The maximum atomic E-state index is 6.14. The minimum atomic E-state index is -0.741. The first-order valence-corrected chi connectivity index (χ1v) is 9.53. The molecule has 0 aromatic heterocycles. The summed E-state index contributed by atoms with van der Waals surface area (Å²) >= 11 is 6.03. The van der Waals surface area contributed by atoms with Crippen LogP contribution in [-0.4, -0.2) is 48.9 Å². The van der Waals surface area contributed by atoms with Crippen LogP contribution in [0.5, 0.6) is 5.75 Å². The summed E-state index contributed by atoms with van der Waals surface area (Å²) in [7, 11) is 0. The van der Waals surface area contributed by atoms with Gasteiger partial charge in [-0.2, -0.15) is 0 Å². The van der Waals surface area contributed by atoms with Gasteiger partial charge in [0.1, 0.15) is 36.8 Å². The van der Waals surface area contributed by atoms with Gasteiger partial charge in [0.15, 0.2) is 17.9 Å². The molecule has 0 spiro atoms. The molecule has 0 saturated carbocycles. The van der Waals surface area contributed by atoms with Crippen molar-refractivity contribution in [2.75, 3.05) is 6.61 Å². The zero-order valence-electron chi connectivity index (χ0n) is 16.3. The van der Waals surface area contributed by atoms with E-state index in [1.807, 2.05) is 33.8 Å². The van der Waals surface area contributed by atoms with Crippen molar-refractivity contribution in [2.45, 2.75) is 76.5 Å². The maximum Gasteiger partial charge on any atom is 0.190 e. The number of hydrogen-bond acceptors (Lipinski definition) is 7. The molecule has 3 fully saturated rings. The predicted octanol–water partition coefficient (Wildman–Crippen LogP) is 3.00. The van der Waals surface area contributed by atoms with Gasteiger partial charge in [0.05, 0.1) is 0 Å². The molecule has 4 rings (SSSR count). The number of benzene rings is 1. The van der Waals surface area contributed by atoms with Gasteiger partial charge in [0.2, 0.25) is 0 Å². The lowest BCUT2D eigenvalue weighted by Crippen LogP contribution is -2.56. The molecular formula is C19H27Cl2NO6. The van der Waals surface area contributed by atoms with Crippen LogP contribution in [0.4, 0.5) is 0 Å². The summed E-state index contributed by atoms with van der Waals surface area (Å²) in [5.41, 5.74) is 6.63. The Kier molecular flexibility index (Phi) is 6.21. The second kappa shape index (κ2) is 7.89. The summed E-state index contributed by atoms with van der Waals surface area (Å²) < 4.78 is 36.2. The van der Waals surface area contributed by atoms with Gasteiger partial charge in [0.25, 0.3) is 0 Å². The summed E-state index contributed by atoms with van der Waals surface area (Å²) in [6, 6.07) is 5.37. The third-order valence-corrected chi connectivity index (χ3v) is 5.13. The molecule has 5 unspecified atom stereocenters. The van der Waals surface area contributed by atoms with Gasteiger partial charge in [-0.15, -0.1) is 12.4 Å². The third-order valence-electron chi connectivity index (χ3n) is 4.90. The minimum absolute atomic E-state index is 0. The molecular weight excluding hydrogens is 409 g/mol. The van der Waals surface area contributed by atoms with E-state index in [2.05, 4.69) is 0 Å². The third kappa shape index (κ3) is 4.27. The largest absolute Gasteiger partial charge is 0.490 e. The SMILES string of the molecule is CC1(C)OC2OC(COc3ccc(Cl)cc3CN)C3OC(C)(C)OC3C2O1.Cl. The molecule has 158 valence electrons. The average Bonchev–Trinajstić information content (AvgIpc) is 3.07. The van der Waals surface area contributed by atoms with Gasteiger partial charge in [0, 0.05) is 17.1 Å². The standard InChI is InChI=1S/C19H26ClNO6.ClH/c1-18(2)24-14-13(9-22-12-6-5-11(20)7-10(12)8-21)23-17-16(15(14)25-18)26-19(3,4)27-17;/h5-7,13-17H,8-9,21H2,1-4H3;1H. The lowest BCUT2D eigenvalue weighted by Gasteiger charge is -2.37. The average molecular weight is 436 g/mol. The molecule has 9 heteroatoms. The van der Waals surface area contributed by atoms with Crippen LogP contribution in [-0.2, 0) is 30.2 Å². The van der Waals surface area contributed by atoms with Crippen LogP contribution in [0.2, 0.25) is 5.02 Å². The van der Waals surface area contributed by atoms with Crippen LogP contribution >= 0.6 is 24.0 Å². The molecule has 28 heavy (non-hydrogen) atoms. The van der Waals surface area contributed by atoms with Gasteiger partial charge >= 0.3 is 0 Å². The van der Waals surface area contributed by atoms with E-state index in [1.54, 1.807) is 12.1 Å². The molecule has 3 aliphatic rings. The summed E-state index contributed by atoms with van der Waals surface area (Å²) in [4.78, 5) is 0. The van der Waals surface area contributed by atoms with E-state index < -0.39 is 17.9 Å². The maximum absolute atomic E-state index is 6.14. The Balaban J connectivity index is 0.00000225. The molecule has 7 nitrogen and oxygen atoms in total. The Morgan fingerprint density at radius 3 is 2.36 bits per heavy atom. The Hall–Kier alpha value is -0.640. The highest BCUT2D eigenvalue weighted by Crippen LogP contribution is 2.44. The van der Waals surface area contributed by atoms with Crippen LogP contribution in [0.15, 0.2) is 18.2 Å². The van der Waals surface area contributed by atoms with Gasteiger partial charge in [-0.3, -0.25) is 0 Å². The number of ether oxygens (including phenoxy) is 6. The second-order valence-corrected chi connectivity index (χ2v) is 8.41. The molecule has 2 N–H and O–H groups in total. The normalized spacial score (nSPS) is 35.0. The topological polar surface area (TPSA) is 81.4 Å². The lowest BCUT2D eigenvalue weighted by molar-refractivity contribution is -0.238. The first kappa shape index (κ1) is 22.1. The highest BCUT2D eigenvalue weighted by Gasteiger charge is 2.60. The number of fused-ring (bicyclic) bond motifs is 3. The minimum Gasteiger partial charge on any atom is -0.490 e. The van der Waals surface area contributed by atoms with E-state index in [1.165, 1.54) is 0 Å². The smallest absolute Gasteiger partial charge is 0.190 e. The van der Waals surface area contributed by atoms with E-state index in [9.17, 15) is 0 Å². The number of rotatable bonds is 4. The van der Waals surface area contributed by atoms with Crippen LogP contribution in [0.1, 0.15) is 33.3 Å². The van der Waals surface area contributed by atoms with Crippen molar-refractivity contribution in [3.63, 3.8) is 0 Å². The molecule has 3 heterocycles. The fraction of sp³-hybridized carbons (Fsp3) is 0.684. The van der Waals surface area contributed by atoms with Crippen molar-refractivity contribution >= 4 is 24.0 Å². The summed E-state index contributed by atoms with van der Waals surface area (Å²) in [6.07, 6.45) is -1.89. The Bertz CT molecular complexity index is 716. The molecule has 1 aromatic carbocycles. The highest BCUT2D eigenvalue weighted by molar-refractivity contribution is 6.30. The molecule has 0 radical (unpaired) electrons. The van der Waals surface area contributed by atoms with Crippen molar-refractivity contribution in [1.29, 1.82) is 0 Å². The van der Waals surface area contributed by atoms with Crippen LogP contribution in [0.3, 0.4) is 0 Å². The fourth-order valence-corrected chi connectivity index (χ4v) is 4.04. The fourth-order valence-electron chi connectivity index (χ4n) is 3.85. The van der Waals surface area contributed by atoms with Crippen LogP contribution in [0.25, 0.3) is 0 Å². The highest BCUT2D eigenvalue weighted by atomic mass is 35.5. The Morgan fingerprint density at radius 1 is 1.00 bits per heavy atom. The van der Waals surface area contributed by atoms with Crippen molar-refractivity contribution in [2.24, 2.45) is 5.73 Å². The van der Waals surface area contributed by atoms with Crippen molar-refractivity contribution in [3.05, 3.63) is 28.8 Å². The van der Waals surface area contributed by atoms with Gasteiger partial charge < -0.3 is 34.2 Å². The summed E-state index contributed by atoms with van der Waals surface area (Å²) in [5, 5.41) is 0.618. The zero-order chi connectivity index (χ0) is 19.4. The van der Waals surface area contributed by atoms with E-state index in [-0.39, 0.29) is 43.4 Å². The van der Waals surface area contributed by atoms with Crippen LogP contribution in [0, 0.1) is 0 Å². The molecule has 1 aromatic rings. The van der Waals surface area contributed by atoms with E-state index in [0.717, 1.165) is 5.56 Å². The summed E-state index contributed by atoms with van der Waals surface area (Å²) in [6.45, 7) is 8.07. The monoisotopic (exact) mass is 435 g/mol. The second-order valence-electron chi connectivity index (χ2n) is 7.98. The molecule has 0 amide bonds. The van der Waals surface area contributed by atoms with E-state index in [4.69, 9.17) is 45.8 Å². The van der Waals surface area contributed by atoms with E-state index in [0.29, 0.717) is 17.3 Å². The van der Waals surface area contributed by atoms with Crippen molar-refractivity contribution in [1.82, 2.24) is 0 Å². The van der Waals surface area contributed by atoms with Gasteiger partial charge in [-0.05, 0) is 45.9 Å². The molecule has 0 bridgehead atoms. The number of nitrogens with two attached hydrogens (primary N) is 1. The molecule has 5 atom stereocenters. The first-order valence-electron chi connectivity index (χ1n) is 9.15. The van der Waals surface area contributed by atoms with E-state index >= 15 is 0 Å². The Labute approximate surface area is 176 Å². The van der Waals surface area contributed by atoms with Crippen LogP contribution < -0.4 is 10.5 Å². The summed E-state index contributed by atoms with van der Waals surface area (Å²) in [5.74, 6) is -0.801. The van der Waals surface area contributed by atoms with Crippen molar-refractivity contribution in [3.8, 4) is 5.75 Å². The number of halogens is 2.